The summed E-state index contributed by atoms with van der Waals surface area (Å²) in [6.45, 7) is 6.12. The van der Waals surface area contributed by atoms with E-state index in [0.29, 0.717) is 23.1 Å². The van der Waals surface area contributed by atoms with Crippen LogP contribution in [0.4, 0.5) is 8.78 Å². The number of rotatable bonds is 6. The zero-order valence-electron chi connectivity index (χ0n) is 20.5. The van der Waals surface area contributed by atoms with Gasteiger partial charge in [0.25, 0.3) is 0 Å². The molecular weight excluding hydrogens is 458 g/mol. The minimum atomic E-state index is -1.10. The fraction of sp³-hybridized carbons (Fsp3) is 0.458. The summed E-state index contributed by atoms with van der Waals surface area (Å²) in [6.07, 6.45) is 1.96. The van der Waals surface area contributed by atoms with Gasteiger partial charge in [0, 0.05) is 45.5 Å². The average Bonchev–Trinajstić information content (AvgIpc) is 2.82. The van der Waals surface area contributed by atoms with Crippen LogP contribution >= 0.6 is 0 Å². The van der Waals surface area contributed by atoms with Crippen LogP contribution in [-0.2, 0) is 17.8 Å². The molecule has 1 N–H and O–H groups in total. The maximum absolute atomic E-state index is 14.7. The Kier molecular flexibility index (Phi) is 7.18. The smallest absolute Gasteiger partial charge is 0.350 e. The Morgan fingerprint density at radius 1 is 1.20 bits per heavy atom. The predicted molar refractivity (Wildman–Crippen MR) is 128 cm³/mol. The summed E-state index contributed by atoms with van der Waals surface area (Å²) in [6, 6.07) is 4.66. The summed E-state index contributed by atoms with van der Waals surface area (Å²) in [4.78, 5) is 24.5. The van der Waals surface area contributed by atoms with Gasteiger partial charge in [-0.2, -0.15) is 9.07 Å². The number of benzene rings is 1. The van der Waals surface area contributed by atoms with E-state index in [4.69, 9.17) is 9.47 Å². The Hall–Kier alpha value is -3.31. The molecule has 0 radical (unpaired) electrons. The van der Waals surface area contributed by atoms with E-state index in [1.54, 1.807) is 20.3 Å². The molecule has 35 heavy (non-hydrogen) atoms. The summed E-state index contributed by atoms with van der Waals surface area (Å²) in [5.41, 5.74) is 3.99. The predicted octanol–water partition coefficient (Wildman–Crippen LogP) is 1.85. The highest BCUT2D eigenvalue weighted by Crippen LogP contribution is 2.23. The number of aromatic nitrogens is 3. The maximum atomic E-state index is 14.7. The van der Waals surface area contributed by atoms with Gasteiger partial charge in [0.05, 0.1) is 31.2 Å². The van der Waals surface area contributed by atoms with Crippen LogP contribution in [0.1, 0.15) is 25.0 Å². The van der Waals surface area contributed by atoms with E-state index >= 15 is 0 Å². The van der Waals surface area contributed by atoms with Crippen LogP contribution in [0.3, 0.4) is 0 Å². The number of morpholine rings is 1. The molecule has 0 amide bonds. The van der Waals surface area contributed by atoms with Gasteiger partial charge in [0.15, 0.2) is 17.1 Å². The van der Waals surface area contributed by atoms with Gasteiger partial charge in [0.2, 0.25) is 5.82 Å². The third-order valence-electron chi connectivity index (χ3n) is 6.07. The first kappa shape index (κ1) is 24.8. The molecule has 2 atom stereocenters. The third-order valence-corrected chi connectivity index (χ3v) is 6.07. The molecule has 1 aliphatic rings. The number of nitrogens with zero attached hydrogens (tertiary/aromatic N) is 5. The second-order valence-electron chi connectivity index (χ2n) is 8.70. The first-order valence-corrected chi connectivity index (χ1v) is 11.4. The summed E-state index contributed by atoms with van der Waals surface area (Å²) >= 11 is 0. The molecule has 2 aromatic heterocycles. The molecule has 188 valence electrons. The van der Waals surface area contributed by atoms with Crippen molar-refractivity contribution in [2.75, 3.05) is 39.7 Å². The molecule has 0 spiro atoms. The van der Waals surface area contributed by atoms with Gasteiger partial charge in [-0.15, -0.1) is 0 Å². The van der Waals surface area contributed by atoms with E-state index in [-0.39, 0.29) is 30.1 Å². The molecule has 1 aromatic carbocycles. The van der Waals surface area contributed by atoms with E-state index in [1.165, 1.54) is 28.5 Å². The molecule has 1 aliphatic heterocycles. The second kappa shape index (κ2) is 10.1. The minimum Gasteiger partial charge on any atom is -0.494 e. The first-order chi connectivity index (χ1) is 16.8. The fourth-order valence-electron chi connectivity index (χ4n) is 4.65. The number of ether oxygens (including phenoxy) is 2. The van der Waals surface area contributed by atoms with Crippen molar-refractivity contribution in [2.24, 2.45) is 4.99 Å². The Bertz CT molecular complexity index is 1360. The van der Waals surface area contributed by atoms with Gasteiger partial charge in [-0.3, -0.25) is 14.5 Å². The summed E-state index contributed by atoms with van der Waals surface area (Å²) in [7, 11) is 4.44. The molecule has 1 fully saturated rings. The van der Waals surface area contributed by atoms with Crippen molar-refractivity contribution in [1.82, 2.24) is 19.1 Å². The standard InChI is InChI=1S/C24H30F2N6O3/c1-14-10-30(11-15(2)35-14)12-16-8-18-22(27-3)32(28-4)24(33)31(23(18)29-9-16)13-17-6-7-19(34-5)21(26)20(17)25/h6-9,14-15,28H,10-13H2,1-5H3/t14-,15+. The van der Waals surface area contributed by atoms with Gasteiger partial charge in [-0.05, 0) is 31.5 Å². The van der Waals surface area contributed by atoms with Crippen molar-refractivity contribution in [3.8, 4) is 5.75 Å². The van der Waals surface area contributed by atoms with Crippen molar-refractivity contribution in [3.05, 3.63) is 63.1 Å². The first-order valence-electron chi connectivity index (χ1n) is 11.4. The molecule has 1 saturated heterocycles. The van der Waals surface area contributed by atoms with Crippen molar-refractivity contribution in [1.29, 1.82) is 0 Å². The molecular formula is C24H30F2N6O3. The molecule has 11 heteroatoms. The van der Waals surface area contributed by atoms with E-state index in [9.17, 15) is 13.6 Å². The molecule has 4 rings (SSSR count). The second-order valence-corrected chi connectivity index (χ2v) is 8.70. The highest BCUT2D eigenvalue weighted by atomic mass is 19.2. The summed E-state index contributed by atoms with van der Waals surface area (Å²) in [5.74, 6) is -2.38. The highest BCUT2D eigenvalue weighted by molar-refractivity contribution is 5.74. The fourth-order valence-corrected chi connectivity index (χ4v) is 4.65. The molecule has 3 heterocycles. The number of nitrogens with one attached hydrogen (secondary N) is 1. The number of methoxy groups -OCH3 is 1. The number of halogens is 2. The topological polar surface area (TPSA) is 85.9 Å². The van der Waals surface area contributed by atoms with Crippen LogP contribution in [0.5, 0.6) is 5.75 Å². The number of hydrogen-bond donors (Lipinski definition) is 1. The van der Waals surface area contributed by atoms with E-state index < -0.39 is 17.3 Å². The number of pyridine rings is 1. The average molecular weight is 489 g/mol. The van der Waals surface area contributed by atoms with Gasteiger partial charge in [-0.25, -0.2) is 14.2 Å². The van der Waals surface area contributed by atoms with Crippen molar-refractivity contribution < 1.29 is 18.3 Å². The van der Waals surface area contributed by atoms with Gasteiger partial charge >= 0.3 is 5.69 Å². The molecule has 0 bridgehead atoms. The lowest BCUT2D eigenvalue weighted by Gasteiger charge is -2.35. The summed E-state index contributed by atoms with van der Waals surface area (Å²) < 4.78 is 42.3. The number of hydrogen-bond acceptors (Lipinski definition) is 7. The maximum Gasteiger partial charge on any atom is 0.350 e. The lowest BCUT2D eigenvalue weighted by molar-refractivity contribution is -0.0705. The Morgan fingerprint density at radius 2 is 1.91 bits per heavy atom. The zero-order chi connectivity index (χ0) is 25.3. The summed E-state index contributed by atoms with van der Waals surface area (Å²) in [5, 5.41) is 0.614. The Balaban J connectivity index is 1.82. The van der Waals surface area contributed by atoms with E-state index in [1.807, 2.05) is 19.9 Å². The molecule has 9 nitrogen and oxygen atoms in total. The quantitative estimate of drug-likeness (QED) is 0.570. The lowest BCUT2D eigenvalue weighted by Crippen LogP contribution is -2.45. The third kappa shape index (κ3) is 4.78. The van der Waals surface area contributed by atoms with Gasteiger partial charge in [-0.1, -0.05) is 6.07 Å². The van der Waals surface area contributed by atoms with Crippen LogP contribution < -0.4 is 21.3 Å². The Labute approximate surface area is 201 Å². The van der Waals surface area contributed by atoms with Gasteiger partial charge < -0.3 is 14.9 Å². The van der Waals surface area contributed by atoms with Gasteiger partial charge in [0.1, 0.15) is 5.65 Å². The normalized spacial score (nSPS) is 19.3. The van der Waals surface area contributed by atoms with Crippen LogP contribution in [-0.4, -0.2) is 65.6 Å². The molecule has 0 saturated carbocycles. The molecule has 0 aliphatic carbocycles. The van der Waals surface area contributed by atoms with E-state index in [2.05, 4.69) is 20.3 Å². The zero-order valence-corrected chi connectivity index (χ0v) is 20.5. The SMILES string of the molecule is CN=c1c2cc(CN3C[C@@H](C)O[C@@H](C)C3)cnc2n(Cc2ccc(OC)c(F)c2F)c(=O)n1NC. The monoisotopic (exact) mass is 488 g/mol. The van der Waals surface area contributed by atoms with Crippen LogP contribution in [0.2, 0.25) is 0 Å². The molecule has 3 aromatic rings. The van der Waals surface area contributed by atoms with E-state index in [0.717, 1.165) is 18.7 Å². The number of fused-ring (bicyclic) bond motifs is 1. The lowest BCUT2D eigenvalue weighted by atomic mass is 10.1. The van der Waals surface area contributed by atoms with Crippen LogP contribution in [0.25, 0.3) is 11.0 Å². The Morgan fingerprint density at radius 3 is 2.54 bits per heavy atom. The minimum absolute atomic E-state index is 0.00212. The van der Waals surface area contributed by atoms with Crippen LogP contribution in [0.15, 0.2) is 34.2 Å². The van der Waals surface area contributed by atoms with Crippen molar-refractivity contribution in [3.63, 3.8) is 0 Å². The van der Waals surface area contributed by atoms with Crippen LogP contribution in [0, 0.1) is 11.6 Å². The van der Waals surface area contributed by atoms with Crippen molar-refractivity contribution in [2.45, 2.75) is 39.1 Å². The highest BCUT2D eigenvalue weighted by Gasteiger charge is 2.23. The van der Waals surface area contributed by atoms with Crippen molar-refractivity contribution >= 4 is 11.0 Å². The largest absolute Gasteiger partial charge is 0.494 e. The molecule has 0 unspecified atom stereocenters.